The molecule has 1 aromatic rings. The van der Waals surface area contributed by atoms with Gasteiger partial charge in [0, 0.05) is 17.1 Å². The minimum Gasteiger partial charge on any atom is -0.508 e. The molecule has 36 heavy (non-hydrogen) atoms. The van der Waals surface area contributed by atoms with Crippen molar-refractivity contribution in [2.75, 3.05) is 6.61 Å². The Hall–Kier alpha value is -2.81. The van der Waals surface area contributed by atoms with Gasteiger partial charge < -0.3 is 30.5 Å². The van der Waals surface area contributed by atoms with E-state index in [1.165, 1.54) is 11.0 Å². The summed E-state index contributed by atoms with van der Waals surface area (Å²) in [6, 6.07) is 3.88. The van der Waals surface area contributed by atoms with E-state index in [9.17, 15) is 24.6 Å². The number of carbonyl (C=O) groups is 3. The zero-order valence-corrected chi connectivity index (χ0v) is 22.5. The number of aliphatic hydroxyl groups is 1. The van der Waals surface area contributed by atoms with E-state index in [1.54, 1.807) is 39.0 Å². The van der Waals surface area contributed by atoms with E-state index < -0.39 is 47.7 Å². The fraction of sp³-hybridized carbons (Fsp3) is 0.667. The summed E-state index contributed by atoms with van der Waals surface area (Å²) < 4.78 is 5.27. The zero-order valence-electron chi connectivity index (χ0n) is 22.5. The molecule has 9 nitrogen and oxygen atoms in total. The predicted molar refractivity (Wildman–Crippen MR) is 137 cm³/mol. The van der Waals surface area contributed by atoms with Gasteiger partial charge in [0.1, 0.15) is 23.4 Å². The number of hydrogen-bond donors (Lipinski definition) is 4. The van der Waals surface area contributed by atoms with Crippen LogP contribution in [0.1, 0.15) is 91.7 Å². The number of hydrogen-bond acceptors (Lipinski definition) is 6. The van der Waals surface area contributed by atoms with Crippen LogP contribution in [0.15, 0.2) is 24.3 Å². The second kappa shape index (κ2) is 12.4. The van der Waals surface area contributed by atoms with Gasteiger partial charge in [0.15, 0.2) is 0 Å². The molecule has 202 valence electrons. The first-order chi connectivity index (χ1) is 16.8. The largest absolute Gasteiger partial charge is 0.508 e. The molecule has 0 radical (unpaired) electrons. The highest BCUT2D eigenvalue weighted by atomic mass is 16.6. The van der Waals surface area contributed by atoms with Crippen molar-refractivity contribution in [1.29, 1.82) is 0 Å². The van der Waals surface area contributed by atoms with Crippen LogP contribution in [0, 0.1) is 0 Å². The third-order valence-electron chi connectivity index (χ3n) is 6.62. The Kier molecular flexibility index (Phi) is 10.2. The highest BCUT2D eigenvalue weighted by Crippen LogP contribution is 2.36. The molecule has 0 bridgehead atoms. The first-order valence-corrected chi connectivity index (χ1v) is 12.8. The van der Waals surface area contributed by atoms with Crippen LogP contribution in [0.5, 0.6) is 5.75 Å². The molecule has 1 aromatic carbocycles. The number of aromatic hydroxyl groups is 1. The number of rotatable bonds is 9. The van der Waals surface area contributed by atoms with Crippen LogP contribution in [-0.2, 0) is 14.3 Å². The van der Waals surface area contributed by atoms with E-state index in [1.807, 2.05) is 20.8 Å². The Labute approximate surface area is 214 Å². The monoisotopic (exact) mass is 505 g/mol. The third kappa shape index (κ3) is 7.85. The van der Waals surface area contributed by atoms with Crippen molar-refractivity contribution in [2.45, 2.75) is 109 Å². The van der Waals surface area contributed by atoms with Gasteiger partial charge in [-0.1, -0.05) is 44.4 Å². The fourth-order valence-electron chi connectivity index (χ4n) is 4.39. The molecule has 1 aliphatic carbocycles. The molecule has 0 saturated heterocycles. The molecular weight excluding hydrogens is 462 g/mol. The lowest BCUT2D eigenvalue weighted by Gasteiger charge is -2.44. The minimum atomic E-state index is -1.35. The Morgan fingerprint density at radius 2 is 1.69 bits per heavy atom. The average Bonchev–Trinajstić information content (AvgIpc) is 2.80. The molecule has 3 amide bonds. The zero-order chi connectivity index (χ0) is 27.1. The third-order valence-corrected chi connectivity index (χ3v) is 6.62. The van der Waals surface area contributed by atoms with Crippen molar-refractivity contribution in [3.8, 4) is 5.75 Å². The smallest absolute Gasteiger partial charge is 0.408 e. The fourth-order valence-corrected chi connectivity index (χ4v) is 4.39. The van der Waals surface area contributed by atoms with Crippen molar-refractivity contribution < 1.29 is 29.3 Å². The maximum absolute atomic E-state index is 13.9. The molecule has 0 spiro atoms. The highest BCUT2D eigenvalue weighted by Gasteiger charge is 2.44. The van der Waals surface area contributed by atoms with Crippen LogP contribution < -0.4 is 10.6 Å². The van der Waals surface area contributed by atoms with E-state index in [-0.39, 0.29) is 17.4 Å². The van der Waals surface area contributed by atoms with E-state index in [0.717, 1.165) is 32.1 Å². The lowest BCUT2D eigenvalue weighted by Crippen LogP contribution is -2.60. The summed E-state index contributed by atoms with van der Waals surface area (Å²) >= 11 is 0. The van der Waals surface area contributed by atoms with Gasteiger partial charge in [-0.05, 0) is 59.9 Å². The second-order valence-electron chi connectivity index (χ2n) is 11.1. The predicted octanol–water partition coefficient (Wildman–Crippen LogP) is 3.79. The lowest BCUT2D eigenvalue weighted by molar-refractivity contribution is -0.150. The standard InChI is InChI=1S/C27H43N3O6/c1-7-27(5,6)30(24(34)20(17-31)29-25(35)36-26(2,3)4)22(19-15-11-12-16-21(19)32)23(33)28-18-13-9-8-10-14-18/h11-12,15-16,18,20,22,31-32H,7-10,13-14,17H2,1-6H3,(H,28,33)(H,29,35). The number of carbonyl (C=O) groups excluding carboxylic acids is 3. The van der Waals surface area contributed by atoms with Gasteiger partial charge >= 0.3 is 6.09 Å². The van der Waals surface area contributed by atoms with Crippen LogP contribution in [0.2, 0.25) is 0 Å². The molecule has 0 heterocycles. The van der Waals surface area contributed by atoms with Gasteiger partial charge in [-0.2, -0.15) is 0 Å². The van der Waals surface area contributed by atoms with Crippen LogP contribution >= 0.6 is 0 Å². The highest BCUT2D eigenvalue weighted by molar-refractivity contribution is 5.93. The molecule has 4 N–H and O–H groups in total. The maximum Gasteiger partial charge on any atom is 0.408 e. The Morgan fingerprint density at radius 3 is 2.22 bits per heavy atom. The summed E-state index contributed by atoms with van der Waals surface area (Å²) in [5.74, 6) is -1.18. The number of amides is 3. The number of nitrogens with one attached hydrogen (secondary N) is 2. The lowest BCUT2D eigenvalue weighted by atomic mass is 9.90. The topological polar surface area (TPSA) is 128 Å². The Balaban J connectivity index is 2.51. The SMILES string of the molecule is CCC(C)(C)N(C(=O)C(CO)NC(=O)OC(C)(C)C)C(C(=O)NC1CCCCC1)c1ccccc1O. The maximum atomic E-state index is 13.9. The molecule has 2 atom stereocenters. The molecule has 1 aliphatic rings. The van der Waals surface area contributed by atoms with Crippen LogP contribution in [-0.4, -0.2) is 62.9 Å². The normalized spacial score (nSPS) is 16.5. The van der Waals surface area contributed by atoms with Gasteiger partial charge in [-0.15, -0.1) is 0 Å². The van der Waals surface area contributed by atoms with Gasteiger partial charge in [0.25, 0.3) is 0 Å². The number of alkyl carbamates (subject to hydrolysis) is 1. The molecule has 2 rings (SSSR count). The van der Waals surface area contributed by atoms with Gasteiger partial charge in [-0.25, -0.2) is 4.79 Å². The first kappa shape index (κ1) is 29.4. The van der Waals surface area contributed by atoms with E-state index in [2.05, 4.69) is 10.6 Å². The number of phenolic OH excluding ortho intramolecular Hbond substituents is 1. The molecular formula is C27H43N3O6. The van der Waals surface area contributed by atoms with Crippen molar-refractivity contribution in [2.24, 2.45) is 0 Å². The summed E-state index contributed by atoms with van der Waals surface area (Å²) in [6.07, 6.45) is 4.48. The van der Waals surface area contributed by atoms with Gasteiger partial charge in [0.2, 0.25) is 11.8 Å². The van der Waals surface area contributed by atoms with Crippen molar-refractivity contribution in [1.82, 2.24) is 15.5 Å². The minimum absolute atomic E-state index is 0.0187. The molecule has 9 heteroatoms. The van der Waals surface area contributed by atoms with E-state index in [0.29, 0.717) is 6.42 Å². The Morgan fingerprint density at radius 1 is 1.08 bits per heavy atom. The summed E-state index contributed by atoms with van der Waals surface area (Å²) in [5, 5.41) is 26.3. The summed E-state index contributed by atoms with van der Waals surface area (Å²) in [7, 11) is 0. The summed E-state index contributed by atoms with van der Waals surface area (Å²) in [5.41, 5.74) is -1.39. The molecule has 1 saturated carbocycles. The van der Waals surface area contributed by atoms with Crippen LogP contribution in [0.4, 0.5) is 4.79 Å². The van der Waals surface area contributed by atoms with Crippen molar-refractivity contribution >= 4 is 17.9 Å². The quantitative estimate of drug-likeness (QED) is 0.404. The molecule has 2 unspecified atom stereocenters. The number of para-hydroxylation sites is 1. The van der Waals surface area contributed by atoms with Crippen molar-refractivity contribution in [3.63, 3.8) is 0 Å². The molecule has 0 aromatic heterocycles. The van der Waals surface area contributed by atoms with Crippen molar-refractivity contribution in [3.05, 3.63) is 29.8 Å². The second-order valence-corrected chi connectivity index (χ2v) is 11.1. The van der Waals surface area contributed by atoms with Gasteiger partial charge in [-0.3, -0.25) is 9.59 Å². The van der Waals surface area contributed by atoms with Gasteiger partial charge in [0.05, 0.1) is 6.61 Å². The number of phenols is 1. The number of aliphatic hydroxyl groups excluding tert-OH is 1. The number of ether oxygens (including phenoxy) is 1. The summed E-state index contributed by atoms with van der Waals surface area (Å²) in [4.78, 5) is 41.5. The number of benzene rings is 1. The Bertz CT molecular complexity index is 905. The first-order valence-electron chi connectivity index (χ1n) is 12.8. The summed E-state index contributed by atoms with van der Waals surface area (Å²) in [6.45, 7) is 9.90. The number of nitrogens with zero attached hydrogens (tertiary/aromatic N) is 1. The average molecular weight is 506 g/mol. The molecule has 0 aliphatic heterocycles. The van der Waals surface area contributed by atoms with E-state index in [4.69, 9.17) is 4.74 Å². The molecule has 1 fully saturated rings. The van der Waals surface area contributed by atoms with Crippen LogP contribution in [0.25, 0.3) is 0 Å². The van der Waals surface area contributed by atoms with E-state index >= 15 is 0 Å². The van der Waals surface area contributed by atoms with Crippen LogP contribution in [0.3, 0.4) is 0 Å².